The van der Waals surface area contributed by atoms with Crippen LogP contribution in [0.1, 0.15) is 30.8 Å². The summed E-state index contributed by atoms with van der Waals surface area (Å²) >= 11 is 6.09. The number of benzene rings is 1. The summed E-state index contributed by atoms with van der Waals surface area (Å²) in [6.07, 6.45) is 3.11. The summed E-state index contributed by atoms with van der Waals surface area (Å²) in [5.74, 6) is 0.435. The Morgan fingerprint density at radius 2 is 2.25 bits per heavy atom. The minimum Gasteiger partial charge on any atom is -0.310 e. The molecule has 1 unspecified atom stereocenters. The molecule has 0 saturated carbocycles. The molecule has 20 heavy (non-hydrogen) atoms. The Bertz CT molecular complexity index is 570. The van der Waals surface area contributed by atoms with Gasteiger partial charge in [0.15, 0.2) is 0 Å². The number of hydrogen-bond donors (Lipinski definition) is 1. The van der Waals surface area contributed by atoms with Gasteiger partial charge in [-0.2, -0.15) is 5.10 Å². The van der Waals surface area contributed by atoms with E-state index >= 15 is 0 Å². The summed E-state index contributed by atoms with van der Waals surface area (Å²) in [6, 6.07) is 4.80. The van der Waals surface area contributed by atoms with Crippen molar-refractivity contribution < 1.29 is 4.39 Å². The summed E-state index contributed by atoms with van der Waals surface area (Å²) in [5.41, 5.74) is 0.753. The number of aryl methyl sites for hydroxylation is 1. The molecule has 0 aliphatic heterocycles. The van der Waals surface area contributed by atoms with Gasteiger partial charge in [-0.15, -0.1) is 0 Å². The molecule has 1 aromatic carbocycles. The molecule has 1 atom stereocenters. The number of nitrogens with one attached hydrogen (secondary N) is 1. The smallest absolute Gasteiger partial charge is 0.142 e. The Morgan fingerprint density at radius 3 is 2.90 bits per heavy atom. The second-order valence-electron chi connectivity index (χ2n) is 4.65. The second kappa shape index (κ2) is 6.81. The molecule has 1 heterocycles. The average molecular weight is 297 g/mol. The average Bonchev–Trinajstić information content (AvgIpc) is 2.83. The molecule has 0 bridgehead atoms. The fourth-order valence-electron chi connectivity index (χ4n) is 2.09. The minimum absolute atomic E-state index is 0.0824. The molecule has 1 N–H and O–H groups in total. The molecule has 0 saturated heterocycles. The summed E-state index contributed by atoms with van der Waals surface area (Å²) in [5, 5.41) is 7.61. The first-order valence-electron chi connectivity index (χ1n) is 6.63. The minimum atomic E-state index is -0.398. The van der Waals surface area contributed by atoms with Crippen LogP contribution < -0.4 is 5.32 Å². The van der Waals surface area contributed by atoms with Crippen LogP contribution in [-0.2, 0) is 13.5 Å². The molecule has 2 aromatic rings. The van der Waals surface area contributed by atoms with Gasteiger partial charge in [-0.05, 0) is 24.6 Å². The van der Waals surface area contributed by atoms with Crippen LogP contribution in [0.2, 0.25) is 5.02 Å². The normalized spacial score (nSPS) is 12.6. The highest BCUT2D eigenvalue weighted by Gasteiger charge is 2.18. The van der Waals surface area contributed by atoms with Crippen molar-refractivity contribution in [3.63, 3.8) is 0 Å². The predicted molar refractivity (Wildman–Crippen MR) is 77.2 cm³/mol. The molecule has 108 valence electrons. The number of aromatic nitrogens is 3. The topological polar surface area (TPSA) is 42.7 Å². The second-order valence-corrected chi connectivity index (χ2v) is 5.03. The van der Waals surface area contributed by atoms with Gasteiger partial charge in [0.05, 0.1) is 5.02 Å². The van der Waals surface area contributed by atoms with Gasteiger partial charge in [-0.3, -0.25) is 4.68 Å². The number of rotatable bonds is 6. The van der Waals surface area contributed by atoms with Gasteiger partial charge in [-0.25, -0.2) is 9.37 Å². The van der Waals surface area contributed by atoms with Crippen molar-refractivity contribution in [1.82, 2.24) is 20.1 Å². The zero-order chi connectivity index (χ0) is 14.5. The van der Waals surface area contributed by atoms with Crippen molar-refractivity contribution in [2.75, 3.05) is 6.54 Å². The summed E-state index contributed by atoms with van der Waals surface area (Å²) in [7, 11) is 1.84. The van der Waals surface area contributed by atoms with Crippen LogP contribution in [-0.4, -0.2) is 21.3 Å². The highest BCUT2D eigenvalue weighted by atomic mass is 35.5. The van der Waals surface area contributed by atoms with Crippen molar-refractivity contribution in [3.05, 3.63) is 46.8 Å². The first-order chi connectivity index (χ1) is 9.63. The molecule has 0 amide bonds. The third-order valence-corrected chi connectivity index (χ3v) is 3.59. The van der Waals surface area contributed by atoms with Crippen LogP contribution >= 0.6 is 11.6 Å². The quantitative estimate of drug-likeness (QED) is 0.891. The van der Waals surface area contributed by atoms with Crippen molar-refractivity contribution in [3.8, 4) is 0 Å². The SMILES string of the molecule is CCCNC(Cc1ncnn1C)c1cccc(F)c1Cl. The van der Waals surface area contributed by atoms with Crippen LogP contribution in [0, 0.1) is 5.82 Å². The molecule has 0 radical (unpaired) electrons. The molecular formula is C14H18ClFN4. The van der Waals surface area contributed by atoms with Gasteiger partial charge in [-0.1, -0.05) is 30.7 Å². The molecule has 4 nitrogen and oxygen atoms in total. The largest absolute Gasteiger partial charge is 0.310 e. The van der Waals surface area contributed by atoms with E-state index in [9.17, 15) is 4.39 Å². The van der Waals surface area contributed by atoms with Gasteiger partial charge in [0.1, 0.15) is 18.0 Å². The maximum atomic E-state index is 13.6. The highest BCUT2D eigenvalue weighted by Crippen LogP contribution is 2.27. The van der Waals surface area contributed by atoms with E-state index in [4.69, 9.17) is 11.6 Å². The molecule has 2 rings (SSSR count). The third kappa shape index (κ3) is 3.35. The van der Waals surface area contributed by atoms with Crippen molar-refractivity contribution in [2.45, 2.75) is 25.8 Å². The van der Waals surface area contributed by atoms with E-state index in [2.05, 4.69) is 22.3 Å². The van der Waals surface area contributed by atoms with Crippen molar-refractivity contribution in [2.24, 2.45) is 7.05 Å². The van der Waals surface area contributed by atoms with Gasteiger partial charge >= 0.3 is 0 Å². The Hall–Kier alpha value is -1.46. The Balaban J connectivity index is 2.27. The molecule has 0 spiro atoms. The number of hydrogen-bond acceptors (Lipinski definition) is 3. The standard InChI is InChI=1S/C14H18ClFN4/c1-3-7-17-12(8-13-18-9-19-20(13)2)10-5-4-6-11(16)14(10)15/h4-6,9,12,17H,3,7-8H2,1-2H3. The molecule has 1 aromatic heterocycles. The van der Waals surface area contributed by atoms with Crippen LogP contribution in [0.5, 0.6) is 0 Å². The van der Waals surface area contributed by atoms with E-state index in [0.29, 0.717) is 6.42 Å². The Morgan fingerprint density at radius 1 is 1.45 bits per heavy atom. The lowest BCUT2D eigenvalue weighted by Gasteiger charge is -2.20. The van der Waals surface area contributed by atoms with Crippen molar-refractivity contribution in [1.29, 1.82) is 0 Å². The van der Waals surface area contributed by atoms with Gasteiger partial charge in [0, 0.05) is 19.5 Å². The monoisotopic (exact) mass is 296 g/mol. The first kappa shape index (κ1) is 14.9. The lowest BCUT2D eigenvalue weighted by molar-refractivity contribution is 0.503. The van der Waals surface area contributed by atoms with E-state index in [1.165, 1.54) is 12.4 Å². The van der Waals surface area contributed by atoms with E-state index in [-0.39, 0.29) is 11.1 Å². The van der Waals surface area contributed by atoms with E-state index < -0.39 is 5.82 Å². The zero-order valence-electron chi connectivity index (χ0n) is 11.6. The molecule has 6 heteroatoms. The summed E-state index contributed by atoms with van der Waals surface area (Å²) in [6.45, 7) is 2.91. The van der Waals surface area contributed by atoms with Crippen LogP contribution in [0.25, 0.3) is 0 Å². The lowest BCUT2D eigenvalue weighted by atomic mass is 10.0. The van der Waals surface area contributed by atoms with Gasteiger partial charge < -0.3 is 5.32 Å². The fraction of sp³-hybridized carbons (Fsp3) is 0.429. The molecular weight excluding hydrogens is 279 g/mol. The molecule has 0 fully saturated rings. The number of nitrogens with zero attached hydrogens (tertiary/aromatic N) is 3. The summed E-state index contributed by atoms with van der Waals surface area (Å²) < 4.78 is 15.3. The lowest BCUT2D eigenvalue weighted by Crippen LogP contribution is -2.25. The van der Waals surface area contributed by atoms with Crippen LogP contribution in [0.3, 0.4) is 0 Å². The predicted octanol–water partition coefficient (Wildman–Crippen LogP) is 2.89. The van der Waals surface area contributed by atoms with Crippen LogP contribution in [0.15, 0.2) is 24.5 Å². The Labute approximate surface area is 123 Å². The molecule has 0 aliphatic carbocycles. The fourth-order valence-corrected chi connectivity index (χ4v) is 2.35. The maximum absolute atomic E-state index is 13.6. The van der Waals surface area contributed by atoms with Crippen LogP contribution in [0.4, 0.5) is 4.39 Å². The van der Waals surface area contributed by atoms with E-state index in [1.54, 1.807) is 10.7 Å². The molecule has 0 aliphatic rings. The maximum Gasteiger partial charge on any atom is 0.142 e. The van der Waals surface area contributed by atoms with Crippen molar-refractivity contribution >= 4 is 11.6 Å². The first-order valence-corrected chi connectivity index (χ1v) is 7.01. The zero-order valence-corrected chi connectivity index (χ0v) is 12.4. The van der Waals surface area contributed by atoms with Gasteiger partial charge in [0.25, 0.3) is 0 Å². The third-order valence-electron chi connectivity index (χ3n) is 3.19. The van der Waals surface area contributed by atoms with Gasteiger partial charge in [0.2, 0.25) is 0 Å². The number of halogens is 2. The Kier molecular flexibility index (Phi) is 5.09. The highest BCUT2D eigenvalue weighted by molar-refractivity contribution is 6.31. The van der Waals surface area contributed by atoms with E-state index in [0.717, 1.165) is 24.4 Å². The van der Waals surface area contributed by atoms with E-state index in [1.807, 2.05) is 13.1 Å². The summed E-state index contributed by atoms with van der Waals surface area (Å²) in [4.78, 5) is 4.22.